The van der Waals surface area contributed by atoms with Crippen molar-refractivity contribution in [2.75, 3.05) is 6.61 Å². The van der Waals surface area contributed by atoms with Crippen molar-refractivity contribution < 1.29 is 14.6 Å². The van der Waals surface area contributed by atoms with E-state index in [-0.39, 0.29) is 18.1 Å². The largest absolute Gasteiger partial charge is 0.507 e. The zero-order chi connectivity index (χ0) is 14.4. The van der Waals surface area contributed by atoms with Gasteiger partial charge < -0.3 is 9.84 Å². The Morgan fingerprint density at radius 2 is 1.75 bits per heavy atom. The van der Waals surface area contributed by atoms with Gasteiger partial charge in [0.2, 0.25) is 0 Å². The smallest absolute Gasteiger partial charge is 0.196 e. The Labute approximate surface area is 118 Å². The van der Waals surface area contributed by atoms with Gasteiger partial charge in [-0.15, -0.1) is 0 Å². The highest BCUT2D eigenvalue weighted by Gasteiger charge is 2.04. The van der Waals surface area contributed by atoms with Gasteiger partial charge in [0.15, 0.2) is 12.4 Å². The molecule has 0 heterocycles. The topological polar surface area (TPSA) is 46.5 Å². The van der Waals surface area contributed by atoms with Crippen LogP contribution in [0.3, 0.4) is 0 Å². The molecule has 2 aromatic carbocycles. The number of rotatable bonds is 5. The molecule has 2 rings (SSSR count). The van der Waals surface area contributed by atoms with E-state index in [0.29, 0.717) is 11.3 Å². The predicted molar refractivity (Wildman–Crippen MR) is 78.7 cm³/mol. The third-order valence-corrected chi connectivity index (χ3v) is 2.77. The molecule has 0 fully saturated rings. The first kappa shape index (κ1) is 13.9. The van der Waals surface area contributed by atoms with Crippen molar-refractivity contribution in [3.05, 3.63) is 71.8 Å². The maximum Gasteiger partial charge on any atom is 0.196 e. The molecule has 102 valence electrons. The summed E-state index contributed by atoms with van der Waals surface area (Å²) in [6, 6.07) is 16.4. The molecule has 0 bridgehead atoms. The summed E-state index contributed by atoms with van der Waals surface area (Å²) < 4.78 is 5.32. The van der Waals surface area contributed by atoms with E-state index in [9.17, 15) is 9.90 Å². The zero-order valence-corrected chi connectivity index (χ0v) is 11.2. The van der Waals surface area contributed by atoms with E-state index in [2.05, 4.69) is 0 Å². The lowest BCUT2D eigenvalue weighted by molar-refractivity contribution is -0.116. The Bertz CT molecular complexity index is 598. The highest BCUT2D eigenvalue weighted by Crippen LogP contribution is 2.13. The van der Waals surface area contributed by atoms with Crippen LogP contribution in [0.5, 0.6) is 5.75 Å². The molecule has 3 heteroatoms. The van der Waals surface area contributed by atoms with E-state index in [1.165, 1.54) is 6.08 Å². The van der Waals surface area contributed by atoms with Crippen LogP contribution in [0.2, 0.25) is 0 Å². The number of hydrogen-bond acceptors (Lipinski definition) is 3. The minimum atomic E-state index is -0.285. The average Bonchev–Trinajstić information content (AvgIpc) is 2.47. The number of carbonyl (C=O) groups excluding carboxylic acids is 1. The minimum absolute atomic E-state index is 0.0494. The number of ketones is 1. The van der Waals surface area contributed by atoms with E-state index in [1.807, 2.05) is 37.3 Å². The van der Waals surface area contributed by atoms with Gasteiger partial charge in [0.1, 0.15) is 11.5 Å². The number of benzene rings is 2. The molecule has 0 aliphatic heterocycles. The molecule has 20 heavy (non-hydrogen) atoms. The molecule has 0 saturated carbocycles. The van der Waals surface area contributed by atoms with Crippen LogP contribution in [-0.4, -0.2) is 17.5 Å². The number of carbonyl (C=O) groups is 1. The van der Waals surface area contributed by atoms with Gasteiger partial charge in [0.25, 0.3) is 0 Å². The summed E-state index contributed by atoms with van der Waals surface area (Å²) in [5.74, 6) is 0.294. The fourth-order valence-corrected chi connectivity index (χ4v) is 1.67. The van der Waals surface area contributed by atoms with Gasteiger partial charge in [-0.1, -0.05) is 48.0 Å². The van der Waals surface area contributed by atoms with Crippen molar-refractivity contribution >= 4 is 11.5 Å². The van der Waals surface area contributed by atoms with E-state index in [1.54, 1.807) is 24.3 Å². The fraction of sp³-hybridized carbons (Fsp3) is 0.118. The van der Waals surface area contributed by atoms with E-state index < -0.39 is 0 Å². The molecule has 2 aromatic rings. The first-order chi connectivity index (χ1) is 9.65. The zero-order valence-electron chi connectivity index (χ0n) is 11.2. The minimum Gasteiger partial charge on any atom is -0.507 e. The molecule has 0 radical (unpaired) electrons. The number of ether oxygens (including phenoxy) is 1. The predicted octanol–water partition coefficient (Wildman–Crippen LogP) is 3.54. The van der Waals surface area contributed by atoms with Gasteiger partial charge in [-0.05, 0) is 19.1 Å². The maximum atomic E-state index is 11.7. The van der Waals surface area contributed by atoms with Crippen LogP contribution < -0.4 is 4.74 Å². The summed E-state index contributed by atoms with van der Waals surface area (Å²) in [5, 5.41) is 9.86. The summed E-state index contributed by atoms with van der Waals surface area (Å²) in [6.45, 7) is 1.86. The van der Waals surface area contributed by atoms with Crippen molar-refractivity contribution in [2.45, 2.75) is 6.92 Å². The molecule has 3 nitrogen and oxygen atoms in total. The molecule has 0 saturated heterocycles. The summed E-state index contributed by atoms with van der Waals surface area (Å²) in [5.41, 5.74) is 1.71. The second-order valence-corrected chi connectivity index (χ2v) is 4.46. The standard InChI is InChI=1S/C17H16O3/c1-13-7-9-14(10-8-13)17(19)11-15(18)12-20-16-5-3-2-4-6-16/h2-11,19H,12H2,1H3/b17-11-. The van der Waals surface area contributed by atoms with E-state index >= 15 is 0 Å². The molecular formula is C17H16O3. The molecular weight excluding hydrogens is 252 g/mol. The normalized spacial score (nSPS) is 11.2. The van der Waals surface area contributed by atoms with Gasteiger partial charge in [0.05, 0.1) is 0 Å². The van der Waals surface area contributed by atoms with Crippen LogP contribution in [-0.2, 0) is 4.79 Å². The fourth-order valence-electron chi connectivity index (χ4n) is 1.67. The highest BCUT2D eigenvalue weighted by molar-refractivity contribution is 5.96. The van der Waals surface area contributed by atoms with Crippen LogP contribution in [0.4, 0.5) is 0 Å². The molecule has 1 N–H and O–H groups in total. The number of aliphatic hydroxyl groups is 1. The Morgan fingerprint density at radius 3 is 2.40 bits per heavy atom. The Morgan fingerprint density at radius 1 is 1.10 bits per heavy atom. The van der Waals surface area contributed by atoms with Crippen molar-refractivity contribution in [1.29, 1.82) is 0 Å². The maximum absolute atomic E-state index is 11.7. The van der Waals surface area contributed by atoms with Crippen molar-refractivity contribution in [1.82, 2.24) is 0 Å². The van der Waals surface area contributed by atoms with Gasteiger partial charge in [0, 0.05) is 11.6 Å². The van der Waals surface area contributed by atoms with Crippen LogP contribution in [0, 0.1) is 6.92 Å². The molecule has 0 aliphatic carbocycles. The molecule has 0 aromatic heterocycles. The lowest BCUT2D eigenvalue weighted by Crippen LogP contribution is -2.09. The van der Waals surface area contributed by atoms with Gasteiger partial charge >= 0.3 is 0 Å². The van der Waals surface area contributed by atoms with Crippen LogP contribution in [0.1, 0.15) is 11.1 Å². The summed E-state index contributed by atoms with van der Waals surface area (Å²) in [6.07, 6.45) is 1.19. The van der Waals surface area contributed by atoms with Gasteiger partial charge in [-0.25, -0.2) is 0 Å². The molecule has 0 spiro atoms. The van der Waals surface area contributed by atoms with Crippen LogP contribution in [0.15, 0.2) is 60.7 Å². The van der Waals surface area contributed by atoms with Crippen molar-refractivity contribution in [3.8, 4) is 5.75 Å². The summed E-state index contributed by atoms with van der Waals surface area (Å²) in [7, 11) is 0. The third-order valence-electron chi connectivity index (χ3n) is 2.77. The van der Waals surface area contributed by atoms with Gasteiger partial charge in [-0.3, -0.25) is 4.79 Å². The second-order valence-electron chi connectivity index (χ2n) is 4.46. The Kier molecular flexibility index (Phi) is 4.56. The number of aliphatic hydroxyl groups excluding tert-OH is 1. The number of hydrogen-bond donors (Lipinski definition) is 1. The molecule has 0 atom stereocenters. The van der Waals surface area contributed by atoms with Crippen LogP contribution >= 0.6 is 0 Å². The lowest BCUT2D eigenvalue weighted by atomic mass is 10.1. The monoisotopic (exact) mass is 268 g/mol. The number of aryl methyl sites for hydroxylation is 1. The summed E-state index contributed by atoms with van der Waals surface area (Å²) in [4.78, 5) is 11.7. The Hall–Kier alpha value is -2.55. The first-order valence-corrected chi connectivity index (χ1v) is 6.33. The van der Waals surface area contributed by atoms with Crippen molar-refractivity contribution in [3.63, 3.8) is 0 Å². The summed E-state index contributed by atoms with van der Waals surface area (Å²) >= 11 is 0. The van der Waals surface area contributed by atoms with E-state index in [4.69, 9.17) is 4.74 Å². The first-order valence-electron chi connectivity index (χ1n) is 6.33. The molecule has 0 amide bonds. The molecule has 0 unspecified atom stereocenters. The van der Waals surface area contributed by atoms with Crippen LogP contribution in [0.25, 0.3) is 5.76 Å². The Balaban J connectivity index is 1.96. The SMILES string of the molecule is Cc1ccc(/C(O)=C/C(=O)COc2ccccc2)cc1. The van der Waals surface area contributed by atoms with Gasteiger partial charge in [-0.2, -0.15) is 0 Å². The van der Waals surface area contributed by atoms with Crippen molar-refractivity contribution in [2.24, 2.45) is 0 Å². The molecule has 0 aliphatic rings. The second kappa shape index (κ2) is 6.57. The third kappa shape index (κ3) is 3.99. The quantitative estimate of drug-likeness (QED) is 0.666. The highest BCUT2D eigenvalue weighted by atomic mass is 16.5. The lowest BCUT2D eigenvalue weighted by Gasteiger charge is -2.04. The number of para-hydroxylation sites is 1. The average molecular weight is 268 g/mol. The van der Waals surface area contributed by atoms with E-state index in [0.717, 1.165) is 5.56 Å².